The van der Waals surface area contributed by atoms with E-state index in [4.69, 9.17) is 4.74 Å². The number of ether oxygens (including phenoxy) is 1. The van der Waals surface area contributed by atoms with Crippen LogP contribution in [0.5, 0.6) is 5.75 Å². The highest BCUT2D eigenvalue weighted by Gasteiger charge is 2.20. The number of carbonyl (C=O) groups is 1. The van der Waals surface area contributed by atoms with E-state index in [1.165, 1.54) is 37.7 Å². The molecule has 0 bridgehead atoms. The summed E-state index contributed by atoms with van der Waals surface area (Å²) in [5.74, 6) is -0.132. The van der Waals surface area contributed by atoms with Gasteiger partial charge < -0.3 is 4.74 Å². The van der Waals surface area contributed by atoms with E-state index in [1.807, 2.05) is 0 Å². The molecule has 1 amide bonds. The van der Waals surface area contributed by atoms with Gasteiger partial charge in [-0.3, -0.25) is 15.1 Å². The first-order chi connectivity index (χ1) is 14.9. The van der Waals surface area contributed by atoms with E-state index in [2.05, 4.69) is 41.2 Å². The van der Waals surface area contributed by atoms with Crippen molar-refractivity contribution >= 4 is 48.8 Å². The number of thiazole rings is 1. The Morgan fingerprint density at radius 2 is 1.97 bits per heavy atom. The average Bonchev–Trinajstić information content (AvgIpc) is 3.14. The molecule has 0 saturated carbocycles. The number of rotatable bonds is 5. The molecule has 4 aromatic rings. The van der Waals surface area contributed by atoms with E-state index in [0.29, 0.717) is 42.8 Å². The van der Waals surface area contributed by atoms with Gasteiger partial charge in [0.25, 0.3) is 12.3 Å². The second-order valence-corrected chi connectivity index (χ2v) is 8.22. The van der Waals surface area contributed by atoms with Gasteiger partial charge in [0.05, 0.1) is 18.9 Å². The summed E-state index contributed by atoms with van der Waals surface area (Å²) in [5.41, 5.74) is 1.82. The molecule has 0 aliphatic carbocycles. The van der Waals surface area contributed by atoms with Crippen LogP contribution in [-0.2, 0) is 0 Å². The van der Waals surface area contributed by atoms with Gasteiger partial charge in [-0.1, -0.05) is 11.3 Å². The van der Waals surface area contributed by atoms with Gasteiger partial charge in [0, 0.05) is 28.6 Å². The first-order valence-corrected chi connectivity index (χ1v) is 10.5. The molecular formula is C20H14BrF2N5O2S. The highest BCUT2D eigenvalue weighted by molar-refractivity contribution is 9.10. The van der Waals surface area contributed by atoms with Crippen molar-refractivity contribution in [1.82, 2.24) is 19.9 Å². The molecular weight excluding hydrogens is 492 g/mol. The van der Waals surface area contributed by atoms with E-state index >= 15 is 0 Å². The summed E-state index contributed by atoms with van der Waals surface area (Å²) in [6, 6.07) is 5.72. The average molecular weight is 506 g/mol. The van der Waals surface area contributed by atoms with Gasteiger partial charge in [-0.15, -0.1) is 0 Å². The molecule has 7 nitrogen and oxygen atoms in total. The van der Waals surface area contributed by atoms with Crippen LogP contribution in [0, 0.1) is 6.92 Å². The number of pyridine rings is 1. The fourth-order valence-corrected chi connectivity index (χ4v) is 4.14. The lowest BCUT2D eigenvalue weighted by atomic mass is 9.97. The van der Waals surface area contributed by atoms with Crippen LogP contribution in [0.3, 0.4) is 0 Å². The highest BCUT2D eigenvalue weighted by Crippen LogP contribution is 2.36. The molecule has 0 unspecified atom stereocenters. The van der Waals surface area contributed by atoms with Crippen molar-refractivity contribution < 1.29 is 18.3 Å². The maximum Gasteiger partial charge on any atom is 0.263 e. The smallest absolute Gasteiger partial charge is 0.263 e. The summed E-state index contributed by atoms with van der Waals surface area (Å²) >= 11 is 4.41. The van der Waals surface area contributed by atoms with Crippen molar-refractivity contribution in [1.29, 1.82) is 0 Å². The molecule has 4 rings (SSSR count). The first kappa shape index (κ1) is 21.2. The van der Waals surface area contributed by atoms with Crippen LogP contribution >= 0.6 is 27.3 Å². The highest BCUT2D eigenvalue weighted by atomic mass is 79.9. The summed E-state index contributed by atoms with van der Waals surface area (Å²) in [4.78, 5) is 30.5. The summed E-state index contributed by atoms with van der Waals surface area (Å²) in [6.07, 6.45) is 0.249. The Labute approximate surface area is 187 Å². The number of carbonyl (C=O) groups excluding carboxylic acids is 1. The minimum absolute atomic E-state index is 0.175. The Morgan fingerprint density at radius 3 is 2.71 bits per heavy atom. The molecule has 31 heavy (non-hydrogen) atoms. The number of alkyl halides is 2. The summed E-state index contributed by atoms with van der Waals surface area (Å²) < 4.78 is 32.5. The molecule has 11 heteroatoms. The van der Waals surface area contributed by atoms with Crippen molar-refractivity contribution in [3.63, 3.8) is 0 Å². The zero-order valence-electron chi connectivity index (χ0n) is 16.2. The molecule has 0 fully saturated rings. The number of fused-ring (bicyclic) bond motifs is 1. The molecule has 0 aliphatic rings. The second-order valence-electron chi connectivity index (χ2n) is 6.43. The summed E-state index contributed by atoms with van der Waals surface area (Å²) in [5, 5.41) is 3.02. The Hall–Kier alpha value is -3.05. The molecule has 158 valence electrons. The lowest BCUT2D eigenvalue weighted by Crippen LogP contribution is -2.14. The lowest BCUT2D eigenvalue weighted by Gasteiger charge is -2.14. The van der Waals surface area contributed by atoms with Gasteiger partial charge in [0.2, 0.25) is 0 Å². The minimum Gasteiger partial charge on any atom is -0.496 e. The van der Waals surface area contributed by atoms with Gasteiger partial charge in [-0.2, -0.15) is 4.98 Å². The van der Waals surface area contributed by atoms with Gasteiger partial charge in [-0.25, -0.2) is 18.7 Å². The third-order valence-electron chi connectivity index (χ3n) is 4.37. The molecule has 1 aromatic carbocycles. The van der Waals surface area contributed by atoms with Crippen LogP contribution in [0.25, 0.3) is 21.6 Å². The quantitative estimate of drug-likeness (QED) is 0.389. The van der Waals surface area contributed by atoms with Crippen molar-refractivity contribution in [3.8, 4) is 16.9 Å². The van der Waals surface area contributed by atoms with Crippen LogP contribution in [0.1, 0.15) is 28.0 Å². The maximum absolute atomic E-state index is 13.3. The number of aryl methyl sites for hydroxylation is 1. The number of aromatic nitrogens is 4. The fourth-order valence-electron chi connectivity index (χ4n) is 2.95. The number of benzene rings is 1. The van der Waals surface area contributed by atoms with Crippen LogP contribution in [0.4, 0.5) is 13.9 Å². The van der Waals surface area contributed by atoms with Crippen LogP contribution in [0.15, 0.2) is 41.3 Å². The van der Waals surface area contributed by atoms with Gasteiger partial charge in [-0.05, 0) is 47.1 Å². The van der Waals surface area contributed by atoms with Gasteiger partial charge in [0.15, 0.2) is 15.6 Å². The van der Waals surface area contributed by atoms with E-state index in [-0.39, 0.29) is 11.1 Å². The number of halogens is 3. The van der Waals surface area contributed by atoms with Gasteiger partial charge in [0.1, 0.15) is 10.4 Å². The Bertz CT molecular complexity index is 1300. The number of methoxy groups -OCH3 is 1. The largest absolute Gasteiger partial charge is 0.496 e. The summed E-state index contributed by atoms with van der Waals surface area (Å²) in [6.45, 7) is 1.75. The number of hydrogen-bond acceptors (Lipinski definition) is 7. The van der Waals surface area contributed by atoms with Crippen LogP contribution in [0.2, 0.25) is 0 Å². The molecule has 0 spiro atoms. The van der Waals surface area contributed by atoms with Crippen LogP contribution in [-0.4, -0.2) is 33.0 Å². The van der Waals surface area contributed by atoms with Crippen molar-refractivity contribution in [3.05, 3.63) is 58.1 Å². The van der Waals surface area contributed by atoms with E-state index in [0.717, 1.165) is 11.3 Å². The molecule has 0 saturated heterocycles. The Balaban J connectivity index is 1.76. The Kier molecular flexibility index (Phi) is 5.88. The predicted molar refractivity (Wildman–Crippen MR) is 117 cm³/mol. The monoisotopic (exact) mass is 505 g/mol. The molecule has 0 aliphatic heterocycles. The minimum atomic E-state index is -2.66. The van der Waals surface area contributed by atoms with Crippen molar-refractivity contribution in [2.24, 2.45) is 0 Å². The second kappa shape index (κ2) is 8.60. The van der Waals surface area contributed by atoms with Crippen molar-refractivity contribution in [2.75, 3.05) is 12.4 Å². The number of hydrogen-bond donors (Lipinski definition) is 1. The zero-order valence-corrected chi connectivity index (χ0v) is 18.6. The zero-order chi connectivity index (χ0) is 22.1. The normalized spacial score (nSPS) is 11.2. The topological polar surface area (TPSA) is 89.9 Å². The fraction of sp³-hybridized carbons (Fsp3) is 0.150. The summed E-state index contributed by atoms with van der Waals surface area (Å²) in [7, 11) is 1.44. The molecule has 0 atom stereocenters. The third kappa shape index (κ3) is 4.37. The van der Waals surface area contributed by atoms with E-state index in [1.54, 1.807) is 13.0 Å². The van der Waals surface area contributed by atoms with E-state index in [9.17, 15) is 13.6 Å². The number of nitrogens with zero attached hydrogens (tertiary/aromatic N) is 4. The van der Waals surface area contributed by atoms with Crippen LogP contribution < -0.4 is 10.1 Å². The van der Waals surface area contributed by atoms with E-state index < -0.39 is 12.3 Å². The molecule has 3 heterocycles. The molecule has 3 aromatic heterocycles. The lowest BCUT2D eigenvalue weighted by molar-refractivity contribution is 0.102. The Morgan fingerprint density at radius 1 is 1.16 bits per heavy atom. The maximum atomic E-state index is 13.3. The molecule has 1 N–H and O–H groups in total. The number of anilines is 1. The third-order valence-corrected chi connectivity index (χ3v) is 5.60. The first-order valence-electron chi connectivity index (χ1n) is 8.89. The standard InChI is InChI=1S/C20H14BrF2N5O2S/c1-9-5-11(12-6-10(16(22)23)3-4-14(12)30-2)13(7-24-9)18(29)28-20-27-17-19(31-20)26-15(21)8-25-17/h3-8,16H,1-2H3,(H,25,27,28,29). The SMILES string of the molecule is COc1ccc(C(F)F)cc1-c1cc(C)ncc1C(=O)Nc1nc2ncc(Br)nc2s1. The number of amides is 1. The molecule has 0 radical (unpaired) electrons. The predicted octanol–water partition coefficient (Wildman–Crippen LogP) is 5.42. The number of nitrogens with one attached hydrogen (secondary N) is 1. The van der Waals surface area contributed by atoms with Gasteiger partial charge >= 0.3 is 0 Å². The van der Waals surface area contributed by atoms with Crippen molar-refractivity contribution in [2.45, 2.75) is 13.3 Å².